The summed E-state index contributed by atoms with van der Waals surface area (Å²) in [6.45, 7) is 2.29. The van der Waals surface area contributed by atoms with Gasteiger partial charge in [-0.15, -0.1) is 0 Å². The van der Waals surface area contributed by atoms with E-state index in [-0.39, 0.29) is 0 Å². The van der Waals surface area contributed by atoms with Gasteiger partial charge in [0.1, 0.15) is 0 Å². The predicted octanol–water partition coefficient (Wildman–Crippen LogP) is 5.34. The summed E-state index contributed by atoms with van der Waals surface area (Å²) < 4.78 is 0. The smallest absolute Gasteiger partial charge is 0.00272 e. The van der Waals surface area contributed by atoms with Crippen molar-refractivity contribution in [2.24, 2.45) is 5.92 Å². The van der Waals surface area contributed by atoms with Crippen molar-refractivity contribution >= 4 is 0 Å². The molecule has 0 N–H and O–H groups in total. The lowest BCUT2D eigenvalue weighted by atomic mass is 9.62. The predicted molar refractivity (Wildman–Crippen MR) is 85.1 cm³/mol. The van der Waals surface area contributed by atoms with E-state index in [0.717, 1.165) is 5.92 Å². The molecule has 106 valence electrons. The zero-order valence-corrected chi connectivity index (χ0v) is 12.8. The van der Waals surface area contributed by atoms with Gasteiger partial charge >= 0.3 is 0 Å². The Labute approximate surface area is 123 Å². The summed E-state index contributed by atoms with van der Waals surface area (Å²) in [5, 5.41) is 0. The summed E-state index contributed by atoms with van der Waals surface area (Å²) in [4.78, 5) is 0. The van der Waals surface area contributed by atoms with Crippen LogP contribution in [0.3, 0.4) is 0 Å². The van der Waals surface area contributed by atoms with Crippen molar-refractivity contribution in [3.05, 3.63) is 46.5 Å². The molecule has 0 aliphatic heterocycles. The first-order valence-corrected chi connectivity index (χ1v) is 8.62. The maximum absolute atomic E-state index is 2.55. The van der Waals surface area contributed by atoms with Gasteiger partial charge in [-0.05, 0) is 74.0 Å². The molecule has 1 spiro atoms. The second kappa shape index (κ2) is 4.76. The molecular formula is C20H26. The Morgan fingerprint density at radius 1 is 1.30 bits per heavy atom. The lowest BCUT2D eigenvalue weighted by Gasteiger charge is -2.41. The number of hydrogen-bond donors (Lipinski definition) is 0. The Bertz CT molecular complexity index is 551. The largest absolute Gasteiger partial charge is 0.0850 e. The molecule has 3 aliphatic carbocycles. The molecule has 1 fully saturated rings. The minimum absolute atomic E-state index is 0.543. The molecule has 1 saturated carbocycles. The van der Waals surface area contributed by atoms with Crippen molar-refractivity contribution in [1.82, 2.24) is 0 Å². The van der Waals surface area contributed by atoms with Crippen molar-refractivity contribution in [1.29, 1.82) is 0 Å². The highest BCUT2D eigenvalue weighted by Gasteiger charge is 2.49. The Morgan fingerprint density at radius 2 is 2.25 bits per heavy atom. The molecule has 0 radical (unpaired) electrons. The van der Waals surface area contributed by atoms with Crippen LogP contribution in [0, 0.1) is 5.92 Å². The van der Waals surface area contributed by atoms with E-state index in [1.54, 1.807) is 22.3 Å². The van der Waals surface area contributed by atoms with Crippen molar-refractivity contribution in [3.8, 4) is 0 Å². The molecule has 3 aliphatic rings. The van der Waals surface area contributed by atoms with Gasteiger partial charge in [0.05, 0.1) is 0 Å². The van der Waals surface area contributed by atoms with Crippen LogP contribution in [0.25, 0.3) is 0 Å². The van der Waals surface area contributed by atoms with Crippen LogP contribution in [0.15, 0.2) is 29.8 Å². The summed E-state index contributed by atoms with van der Waals surface area (Å²) in [7, 11) is 0. The molecule has 1 aromatic carbocycles. The average molecular weight is 266 g/mol. The zero-order chi connectivity index (χ0) is 13.6. The molecule has 0 heteroatoms. The van der Waals surface area contributed by atoms with Gasteiger partial charge < -0.3 is 0 Å². The van der Waals surface area contributed by atoms with Crippen LogP contribution in [-0.4, -0.2) is 0 Å². The van der Waals surface area contributed by atoms with Gasteiger partial charge in [0.2, 0.25) is 0 Å². The van der Waals surface area contributed by atoms with Crippen molar-refractivity contribution in [3.63, 3.8) is 0 Å². The van der Waals surface area contributed by atoms with E-state index in [1.807, 2.05) is 0 Å². The van der Waals surface area contributed by atoms with Crippen LogP contribution < -0.4 is 0 Å². The molecule has 1 aromatic rings. The Balaban J connectivity index is 1.70. The molecule has 0 heterocycles. The van der Waals surface area contributed by atoms with E-state index >= 15 is 0 Å². The molecule has 0 saturated heterocycles. The molecular weight excluding hydrogens is 240 g/mol. The van der Waals surface area contributed by atoms with Gasteiger partial charge in [0, 0.05) is 5.41 Å². The van der Waals surface area contributed by atoms with E-state index in [4.69, 9.17) is 0 Å². The molecule has 4 rings (SSSR count). The van der Waals surface area contributed by atoms with Gasteiger partial charge in [-0.3, -0.25) is 0 Å². The molecule has 2 bridgehead atoms. The fourth-order valence-electron chi connectivity index (χ4n) is 5.12. The van der Waals surface area contributed by atoms with Crippen molar-refractivity contribution in [2.75, 3.05) is 0 Å². The monoisotopic (exact) mass is 266 g/mol. The molecule has 2 atom stereocenters. The number of hydrogen-bond acceptors (Lipinski definition) is 0. The van der Waals surface area contributed by atoms with Crippen LogP contribution in [0.4, 0.5) is 0 Å². The minimum Gasteiger partial charge on any atom is -0.0850 e. The van der Waals surface area contributed by atoms with Crippen molar-refractivity contribution < 1.29 is 0 Å². The minimum atomic E-state index is 0.543. The summed E-state index contributed by atoms with van der Waals surface area (Å²) >= 11 is 0. The topological polar surface area (TPSA) is 0 Å². The molecule has 0 nitrogen and oxygen atoms in total. The van der Waals surface area contributed by atoms with E-state index in [9.17, 15) is 0 Å². The third-order valence-electron chi connectivity index (χ3n) is 6.12. The van der Waals surface area contributed by atoms with E-state index in [1.165, 1.54) is 57.8 Å². The van der Waals surface area contributed by atoms with Crippen LogP contribution in [0.2, 0.25) is 0 Å². The Kier molecular flexibility index (Phi) is 3.02. The first kappa shape index (κ1) is 12.7. The fraction of sp³-hybridized carbons (Fsp3) is 0.600. The second-order valence-electron chi connectivity index (χ2n) is 7.28. The number of allylic oxidation sites excluding steroid dienone is 2. The number of fused-ring (bicyclic) bond motifs is 5. The van der Waals surface area contributed by atoms with Gasteiger partial charge in [-0.25, -0.2) is 0 Å². The number of unbranched alkanes of at least 4 members (excludes halogenated alkanes) is 1. The maximum Gasteiger partial charge on any atom is 0.00272 e. The fourth-order valence-corrected chi connectivity index (χ4v) is 5.12. The van der Waals surface area contributed by atoms with Crippen LogP contribution in [0.1, 0.15) is 68.6 Å². The van der Waals surface area contributed by atoms with E-state index < -0.39 is 0 Å². The number of rotatable bonds is 3. The average Bonchev–Trinajstić information content (AvgIpc) is 3.06. The van der Waals surface area contributed by atoms with Crippen LogP contribution >= 0.6 is 0 Å². The van der Waals surface area contributed by atoms with Gasteiger partial charge in [-0.2, -0.15) is 0 Å². The molecule has 0 amide bonds. The third kappa shape index (κ3) is 1.80. The Morgan fingerprint density at radius 3 is 3.00 bits per heavy atom. The van der Waals surface area contributed by atoms with Crippen LogP contribution in [0.5, 0.6) is 0 Å². The molecule has 20 heavy (non-hydrogen) atoms. The highest BCUT2D eigenvalue weighted by Crippen LogP contribution is 2.58. The van der Waals surface area contributed by atoms with Gasteiger partial charge in [0.15, 0.2) is 0 Å². The summed E-state index contributed by atoms with van der Waals surface area (Å²) in [6, 6.07) is 7.50. The summed E-state index contributed by atoms with van der Waals surface area (Å²) in [6.07, 6.45) is 14.7. The summed E-state index contributed by atoms with van der Waals surface area (Å²) in [5.74, 6) is 0.929. The molecule has 0 aromatic heterocycles. The van der Waals surface area contributed by atoms with Crippen molar-refractivity contribution in [2.45, 2.75) is 70.1 Å². The zero-order valence-electron chi connectivity index (χ0n) is 12.8. The first-order valence-electron chi connectivity index (χ1n) is 8.62. The highest BCUT2D eigenvalue weighted by atomic mass is 14.5. The molecule has 2 unspecified atom stereocenters. The highest BCUT2D eigenvalue weighted by molar-refractivity contribution is 5.45. The van der Waals surface area contributed by atoms with Crippen LogP contribution in [-0.2, 0) is 18.3 Å². The van der Waals surface area contributed by atoms with E-state index in [2.05, 4.69) is 31.2 Å². The second-order valence-corrected chi connectivity index (χ2v) is 7.28. The number of aryl methyl sites for hydroxylation is 2. The third-order valence-corrected chi connectivity index (χ3v) is 6.12. The summed E-state index contributed by atoms with van der Waals surface area (Å²) in [5.41, 5.74) is 7.30. The van der Waals surface area contributed by atoms with Gasteiger partial charge in [-0.1, -0.05) is 43.2 Å². The number of benzene rings is 1. The van der Waals surface area contributed by atoms with E-state index in [0.29, 0.717) is 5.41 Å². The quantitative estimate of drug-likeness (QED) is 0.647. The Hall–Kier alpha value is -1.04. The standard InChI is InChI=1S/C20H26/c1-2-3-5-15-8-10-19-17(12-15)6-4-11-20(19)14-16-7-9-18(20)13-16/h7-8,10,12,18H,2-6,9,11,13-14H2,1H3. The maximum atomic E-state index is 2.55. The first-order chi connectivity index (χ1) is 9.82. The lowest BCUT2D eigenvalue weighted by Crippen LogP contribution is -2.35. The van der Waals surface area contributed by atoms with Gasteiger partial charge in [0.25, 0.3) is 0 Å². The SMILES string of the molecule is CCCCc1ccc2c(c1)CCCC21CC2=CCC1C2. The lowest BCUT2D eigenvalue weighted by molar-refractivity contribution is 0.269. The normalized spacial score (nSPS) is 30.6.